The van der Waals surface area contributed by atoms with Crippen molar-refractivity contribution in [2.45, 2.75) is 20.3 Å². The number of hydrogen-bond donors (Lipinski definition) is 0. The van der Waals surface area contributed by atoms with Crippen LogP contribution in [0.5, 0.6) is 0 Å². The van der Waals surface area contributed by atoms with Gasteiger partial charge in [-0.3, -0.25) is 0 Å². The van der Waals surface area contributed by atoms with E-state index in [0.29, 0.717) is 18.2 Å². The summed E-state index contributed by atoms with van der Waals surface area (Å²) in [4.78, 5) is 0. The van der Waals surface area contributed by atoms with Crippen molar-refractivity contribution >= 4 is 17.2 Å². The fourth-order valence-electron chi connectivity index (χ4n) is 1.42. The Hall–Kier alpha value is -1.21. The zero-order valence-corrected chi connectivity index (χ0v) is 10.6. The average molecular weight is 237 g/mol. The smallest absolute Gasteiger partial charge is 0.190 e. The van der Waals surface area contributed by atoms with E-state index in [0.717, 1.165) is 11.1 Å². The van der Waals surface area contributed by atoms with Gasteiger partial charge in [-0.05, 0) is 37.4 Å². The van der Waals surface area contributed by atoms with Crippen molar-refractivity contribution in [2.75, 3.05) is 6.61 Å². The van der Waals surface area contributed by atoms with Crippen LogP contribution >= 0.6 is 11.6 Å². The molecule has 86 valence electrons. The number of rotatable bonds is 5. The van der Waals surface area contributed by atoms with Gasteiger partial charge in [0.1, 0.15) is 0 Å². The van der Waals surface area contributed by atoms with Gasteiger partial charge in [0, 0.05) is 5.57 Å². The van der Waals surface area contributed by atoms with Crippen LogP contribution in [0.25, 0.3) is 5.57 Å². The highest BCUT2D eigenvalue weighted by Crippen LogP contribution is 2.26. The molecule has 0 amide bonds. The number of halogens is 1. The van der Waals surface area contributed by atoms with Gasteiger partial charge in [0.2, 0.25) is 0 Å². The maximum atomic E-state index is 6.11. The first-order chi connectivity index (χ1) is 7.69. The fraction of sp³-hybridized carbons (Fsp3) is 0.286. The van der Waals surface area contributed by atoms with Crippen LogP contribution in [0.2, 0.25) is 0 Å². The normalized spacial score (nSPS) is 11.9. The van der Waals surface area contributed by atoms with Crippen LogP contribution in [0.4, 0.5) is 0 Å². The van der Waals surface area contributed by atoms with E-state index in [1.807, 2.05) is 13.0 Å². The molecule has 0 saturated heterocycles. The van der Waals surface area contributed by atoms with Crippen LogP contribution in [0.15, 0.2) is 42.1 Å². The highest BCUT2D eigenvalue weighted by atomic mass is 35.5. The molecule has 0 radical (unpaired) electrons. The number of ether oxygens (including phenoxy) is 1. The molecule has 0 saturated carbocycles. The van der Waals surface area contributed by atoms with E-state index in [2.05, 4.69) is 37.8 Å². The third-order valence-corrected chi connectivity index (χ3v) is 2.59. The maximum absolute atomic E-state index is 6.11. The molecule has 0 aromatic heterocycles. The van der Waals surface area contributed by atoms with Crippen LogP contribution < -0.4 is 0 Å². The summed E-state index contributed by atoms with van der Waals surface area (Å²) in [5, 5.41) is 0.464. The minimum Gasteiger partial charge on any atom is -0.483 e. The third-order valence-electron chi connectivity index (χ3n) is 2.26. The molecule has 0 aliphatic heterocycles. The second-order valence-corrected chi connectivity index (χ2v) is 3.89. The summed E-state index contributed by atoms with van der Waals surface area (Å²) in [6, 6.07) is 8.23. The predicted molar refractivity (Wildman–Crippen MR) is 70.4 cm³/mol. The molecule has 0 aliphatic rings. The molecule has 0 heterocycles. The summed E-state index contributed by atoms with van der Waals surface area (Å²) in [7, 11) is 0. The first-order valence-corrected chi connectivity index (χ1v) is 5.76. The van der Waals surface area contributed by atoms with E-state index >= 15 is 0 Å². The SMILES string of the molecule is C=CC/C(=C(\Cl)OCC)c1ccc(C)cc1. The summed E-state index contributed by atoms with van der Waals surface area (Å²) in [6.45, 7) is 8.29. The molecule has 0 aliphatic carbocycles. The Kier molecular flexibility index (Phi) is 5.13. The molecule has 0 spiro atoms. The van der Waals surface area contributed by atoms with E-state index in [1.165, 1.54) is 5.56 Å². The quantitative estimate of drug-likeness (QED) is 0.540. The van der Waals surface area contributed by atoms with Crippen molar-refractivity contribution in [3.63, 3.8) is 0 Å². The van der Waals surface area contributed by atoms with Gasteiger partial charge in [0.15, 0.2) is 5.22 Å². The van der Waals surface area contributed by atoms with Gasteiger partial charge in [-0.25, -0.2) is 0 Å². The molecule has 0 atom stereocenters. The molecule has 1 nitrogen and oxygen atoms in total. The molecular formula is C14H17ClO. The summed E-state index contributed by atoms with van der Waals surface area (Å²) < 4.78 is 5.34. The Balaban J connectivity index is 3.06. The Labute approximate surface area is 102 Å². The number of hydrogen-bond acceptors (Lipinski definition) is 1. The van der Waals surface area contributed by atoms with E-state index in [1.54, 1.807) is 0 Å². The van der Waals surface area contributed by atoms with E-state index < -0.39 is 0 Å². The Bertz CT molecular complexity index is 376. The summed E-state index contributed by atoms with van der Waals surface area (Å²) >= 11 is 6.11. The lowest BCUT2D eigenvalue weighted by Gasteiger charge is -2.09. The zero-order valence-electron chi connectivity index (χ0n) is 9.79. The standard InChI is InChI=1S/C14H17ClO/c1-4-6-13(14(15)16-5-2)12-9-7-11(3)8-10-12/h4,7-10H,1,5-6H2,2-3H3/b14-13-. The van der Waals surface area contributed by atoms with Crippen LogP contribution in [0.1, 0.15) is 24.5 Å². The highest BCUT2D eigenvalue weighted by molar-refractivity contribution is 6.31. The summed E-state index contributed by atoms with van der Waals surface area (Å²) in [5.41, 5.74) is 3.30. The second kappa shape index (κ2) is 6.39. The van der Waals surface area contributed by atoms with Gasteiger partial charge in [-0.2, -0.15) is 0 Å². The van der Waals surface area contributed by atoms with E-state index in [9.17, 15) is 0 Å². The largest absolute Gasteiger partial charge is 0.483 e. The molecule has 0 fully saturated rings. The van der Waals surface area contributed by atoms with Crippen molar-refractivity contribution < 1.29 is 4.74 Å². The predicted octanol–water partition coefficient (Wildman–Crippen LogP) is 4.52. The fourth-order valence-corrected chi connectivity index (χ4v) is 1.72. The van der Waals surface area contributed by atoms with Crippen molar-refractivity contribution in [3.05, 3.63) is 53.3 Å². The average Bonchev–Trinajstić information content (AvgIpc) is 2.28. The van der Waals surface area contributed by atoms with Crippen LogP contribution in [0.3, 0.4) is 0 Å². The molecule has 1 aromatic carbocycles. The van der Waals surface area contributed by atoms with Crippen molar-refractivity contribution in [3.8, 4) is 0 Å². The summed E-state index contributed by atoms with van der Waals surface area (Å²) in [5.74, 6) is 0. The van der Waals surface area contributed by atoms with Crippen molar-refractivity contribution in [2.24, 2.45) is 0 Å². The molecule has 0 N–H and O–H groups in total. The molecule has 0 bridgehead atoms. The zero-order chi connectivity index (χ0) is 12.0. The third kappa shape index (κ3) is 3.42. The Morgan fingerprint density at radius 2 is 2.00 bits per heavy atom. The Morgan fingerprint density at radius 3 is 2.50 bits per heavy atom. The van der Waals surface area contributed by atoms with Crippen LogP contribution in [-0.4, -0.2) is 6.61 Å². The lowest BCUT2D eigenvalue weighted by atomic mass is 10.0. The van der Waals surface area contributed by atoms with Crippen LogP contribution in [0, 0.1) is 6.92 Å². The second-order valence-electron chi connectivity index (χ2n) is 3.54. The monoisotopic (exact) mass is 236 g/mol. The molecule has 1 aromatic rings. The van der Waals surface area contributed by atoms with E-state index in [4.69, 9.17) is 16.3 Å². The molecule has 0 unspecified atom stereocenters. The van der Waals surface area contributed by atoms with Gasteiger partial charge in [-0.15, -0.1) is 6.58 Å². The molecule has 1 rings (SSSR count). The van der Waals surface area contributed by atoms with Gasteiger partial charge >= 0.3 is 0 Å². The lowest BCUT2D eigenvalue weighted by Crippen LogP contribution is -1.92. The highest BCUT2D eigenvalue weighted by Gasteiger charge is 2.07. The lowest BCUT2D eigenvalue weighted by molar-refractivity contribution is 0.256. The first-order valence-electron chi connectivity index (χ1n) is 5.38. The van der Waals surface area contributed by atoms with Gasteiger partial charge < -0.3 is 4.74 Å². The Morgan fingerprint density at radius 1 is 1.38 bits per heavy atom. The minimum atomic E-state index is 0.464. The van der Waals surface area contributed by atoms with Crippen LogP contribution in [-0.2, 0) is 4.74 Å². The molecule has 2 heteroatoms. The van der Waals surface area contributed by atoms with Crippen molar-refractivity contribution in [1.29, 1.82) is 0 Å². The minimum absolute atomic E-state index is 0.464. The number of benzene rings is 1. The molecule has 16 heavy (non-hydrogen) atoms. The summed E-state index contributed by atoms with van der Waals surface area (Å²) in [6.07, 6.45) is 2.54. The number of allylic oxidation sites excluding steroid dienone is 2. The maximum Gasteiger partial charge on any atom is 0.190 e. The van der Waals surface area contributed by atoms with Crippen molar-refractivity contribution in [1.82, 2.24) is 0 Å². The van der Waals surface area contributed by atoms with E-state index in [-0.39, 0.29) is 0 Å². The van der Waals surface area contributed by atoms with Gasteiger partial charge in [0.25, 0.3) is 0 Å². The first kappa shape index (κ1) is 12.9. The van der Waals surface area contributed by atoms with Gasteiger partial charge in [-0.1, -0.05) is 35.9 Å². The number of aryl methyl sites for hydroxylation is 1. The molecular weight excluding hydrogens is 220 g/mol. The van der Waals surface area contributed by atoms with Gasteiger partial charge in [0.05, 0.1) is 6.61 Å². The topological polar surface area (TPSA) is 9.23 Å².